The highest BCUT2D eigenvalue weighted by atomic mass is 16.5. The van der Waals surface area contributed by atoms with Gasteiger partial charge >= 0.3 is 0 Å². The maximum absolute atomic E-state index is 5.86. The summed E-state index contributed by atoms with van der Waals surface area (Å²) in [5.41, 5.74) is 1.19. The number of nitrogens with one attached hydrogen (secondary N) is 1. The number of nitrogens with zero attached hydrogens (tertiary/aromatic N) is 2. The Morgan fingerprint density at radius 3 is 2.81 bits per heavy atom. The molecular formula is C17H31N3O. The molecule has 2 unspecified atom stereocenters. The van der Waals surface area contributed by atoms with E-state index in [-0.39, 0.29) is 0 Å². The largest absolute Gasteiger partial charge is 0.378 e. The average Bonchev–Trinajstić information content (AvgIpc) is 2.97. The van der Waals surface area contributed by atoms with Gasteiger partial charge in [-0.15, -0.1) is 0 Å². The van der Waals surface area contributed by atoms with Crippen molar-refractivity contribution in [2.24, 2.45) is 0 Å². The van der Waals surface area contributed by atoms with Gasteiger partial charge < -0.3 is 10.1 Å². The third kappa shape index (κ3) is 4.82. The van der Waals surface area contributed by atoms with Gasteiger partial charge in [-0.05, 0) is 51.6 Å². The van der Waals surface area contributed by atoms with Gasteiger partial charge in [0.1, 0.15) is 0 Å². The van der Waals surface area contributed by atoms with Crippen LogP contribution in [0.3, 0.4) is 0 Å². The predicted octanol–water partition coefficient (Wildman–Crippen LogP) is 3.33. The summed E-state index contributed by atoms with van der Waals surface area (Å²) in [6.07, 6.45) is 10.7. The third-order valence-electron chi connectivity index (χ3n) is 4.67. The van der Waals surface area contributed by atoms with E-state index >= 15 is 0 Å². The van der Waals surface area contributed by atoms with Crippen molar-refractivity contribution in [3.63, 3.8) is 0 Å². The molecule has 1 fully saturated rings. The van der Waals surface area contributed by atoms with E-state index in [2.05, 4.69) is 36.1 Å². The summed E-state index contributed by atoms with van der Waals surface area (Å²) < 4.78 is 8.00. The molecule has 2 heterocycles. The maximum atomic E-state index is 5.86. The predicted molar refractivity (Wildman–Crippen MR) is 86.6 cm³/mol. The Balaban J connectivity index is 1.88. The monoisotopic (exact) mass is 293 g/mol. The van der Waals surface area contributed by atoms with Gasteiger partial charge in [-0.2, -0.15) is 5.10 Å². The number of likely N-dealkylation sites (N-methyl/N-ethyl adjacent to an activating group) is 1. The number of ether oxygens (including phenoxy) is 1. The summed E-state index contributed by atoms with van der Waals surface area (Å²) in [6, 6.07) is 3.16. The molecule has 1 aliphatic rings. The molecule has 0 spiro atoms. The summed E-state index contributed by atoms with van der Waals surface area (Å²) in [7, 11) is 2.05. The van der Waals surface area contributed by atoms with Crippen LogP contribution < -0.4 is 5.32 Å². The fourth-order valence-electron chi connectivity index (χ4n) is 3.22. The van der Waals surface area contributed by atoms with Crippen LogP contribution in [-0.4, -0.2) is 35.6 Å². The molecular weight excluding hydrogens is 262 g/mol. The standard InChI is InChI=1S/C17H31N3O/c1-4-16(5-2)20-10-9-14(19-20)12-15(18-3)13-17-8-6-7-11-21-17/h9-10,15-18H,4-8,11-13H2,1-3H3. The van der Waals surface area contributed by atoms with Gasteiger partial charge in [0.05, 0.1) is 17.8 Å². The SMILES string of the molecule is CCC(CC)n1ccc(CC(CC2CCCCO2)NC)n1. The lowest BCUT2D eigenvalue weighted by Crippen LogP contribution is -2.34. The molecule has 1 saturated heterocycles. The van der Waals surface area contributed by atoms with Gasteiger partial charge in [-0.1, -0.05) is 13.8 Å². The molecule has 1 aromatic heterocycles. The summed E-state index contributed by atoms with van der Waals surface area (Å²) in [5, 5.41) is 8.20. The van der Waals surface area contributed by atoms with Crippen LogP contribution >= 0.6 is 0 Å². The Morgan fingerprint density at radius 1 is 1.38 bits per heavy atom. The summed E-state index contributed by atoms with van der Waals surface area (Å²) in [4.78, 5) is 0. The molecule has 21 heavy (non-hydrogen) atoms. The summed E-state index contributed by atoms with van der Waals surface area (Å²) in [5.74, 6) is 0. The van der Waals surface area contributed by atoms with Crippen molar-refractivity contribution in [1.82, 2.24) is 15.1 Å². The molecule has 2 rings (SSSR count). The minimum absolute atomic E-state index is 0.428. The number of hydrogen-bond donors (Lipinski definition) is 1. The van der Waals surface area contributed by atoms with Crippen molar-refractivity contribution in [3.8, 4) is 0 Å². The van der Waals surface area contributed by atoms with Crippen LogP contribution in [0.1, 0.15) is 64.1 Å². The molecule has 1 aromatic rings. The number of hydrogen-bond acceptors (Lipinski definition) is 3. The molecule has 0 bridgehead atoms. The van der Waals surface area contributed by atoms with Gasteiger partial charge in [-0.25, -0.2) is 0 Å². The Morgan fingerprint density at radius 2 is 2.19 bits per heavy atom. The van der Waals surface area contributed by atoms with Gasteiger partial charge in [0.15, 0.2) is 0 Å². The quantitative estimate of drug-likeness (QED) is 0.799. The fraction of sp³-hybridized carbons (Fsp3) is 0.824. The van der Waals surface area contributed by atoms with Crippen molar-refractivity contribution in [2.75, 3.05) is 13.7 Å². The Kier molecular flexibility index (Phi) is 6.71. The average molecular weight is 293 g/mol. The normalized spacial score (nSPS) is 20.9. The Hall–Kier alpha value is -0.870. The van der Waals surface area contributed by atoms with Crippen LogP contribution in [-0.2, 0) is 11.2 Å². The van der Waals surface area contributed by atoms with Crippen LogP contribution in [0.2, 0.25) is 0 Å². The van der Waals surface area contributed by atoms with E-state index in [1.807, 2.05) is 7.05 Å². The topological polar surface area (TPSA) is 39.1 Å². The fourth-order valence-corrected chi connectivity index (χ4v) is 3.22. The molecule has 0 aliphatic carbocycles. The van der Waals surface area contributed by atoms with E-state index in [0.29, 0.717) is 18.2 Å². The van der Waals surface area contributed by atoms with Crippen molar-refractivity contribution in [2.45, 2.75) is 77.0 Å². The van der Waals surface area contributed by atoms with E-state index in [1.54, 1.807) is 0 Å². The zero-order valence-electron chi connectivity index (χ0n) is 13.8. The number of rotatable bonds is 8. The maximum Gasteiger partial charge on any atom is 0.0640 e. The van der Waals surface area contributed by atoms with Gasteiger partial charge in [-0.3, -0.25) is 4.68 Å². The van der Waals surface area contributed by atoms with Gasteiger partial charge in [0, 0.05) is 25.3 Å². The molecule has 4 nitrogen and oxygen atoms in total. The first-order valence-corrected chi connectivity index (χ1v) is 8.59. The van der Waals surface area contributed by atoms with E-state index < -0.39 is 0 Å². The summed E-state index contributed by atoms with van der Waals surface area (Å²) >= 11 is 0. The molecule has 4 heteroatoms. The van der Waals surface area contributed by atoms with Gasteiger partial charge in [0.25, 0.3) is 0 Å². The zero-order valence-corrected chi connectivity index (χ0v) is 13.8. The lowest BCUT2D eigenvalue weighted by atomic mass is 9.99. The van der Waals surface area contributed by atoms with Crippen LogP contribution in [0.5, 0.6) is 0 Å². The molecule has 120 valence electrons. The second-order valence-electron chi connectivity index (χ2n) is 6.17. The second kappa shape index (κ2) is 8.54. The molecule has 1 aliphatic heterocycles. The van der Waals surface area contributed by atoms with Crippen LogP contribution in [0.4, 0.5) is 0 Å². The first-order chi connectivity index (χ1) is 10.3. The molecule has 2 atom stereocenters. The molecule has 0 radical (unpaired) electrons. The molecule has 0 saturated carbocycles. The van der Waals surface area contributed by atoms with Crippen molar-refractivity contribution < 1.29 is 4.74 Å². The van der Waals surface area contributed by atoms with E-state index in [1.165, 1.54) is 25.0 Å². The Bertz CT molecular complexity index is 394. The highest BCUT2D eigenvalue weighted by molar-refractivity contribution is 5.02. The van der Waals surface area contributed by atoms with E-state index in [4.69, 9.17) is 9.84 Å². The highest BCUT2D eigenvalue weighted by Gasteiger charge is 2.20. The van der Waals surface area contributed by atoms with Crippen LogP contribution in [0.15, 0.2) is 12.3 Å². The van der Waals surface area contributed by atoms with E-state index in [9.17, 15) is 0 Å². The smallest absolute Gasteiger partial charge is 0.0640 e. The van der Waals surface area contributed by atoms with Crippen LogP contribution in [0.25, 0.3) is 0 Å². The minimum atomic E-state index is 0.428. The van der Waals surface area contributed by atoms with Crippen molar-refractivity contribution >= 4 is 0 Å². The minimum Gasteiger partial charge on any atom is -0.378 e. The molecule has 0 amide bonds. The van der Waals surface area contributed by atoms with Gasteiger partial charge in [0.2, 0.25) is 0 Å². The number of aromatic nitrogens is 2. The van der Waals surface area contributed by atoms with Crippen molar-refractivity contribution in [1.29, 1.82) is 0 Å². The third-order valence-corrected chi connectivity index (χ3v) is 4.67. The first kappa shape index (κ1) is 16.5. The summed E-state index contributed by atoms with van der Waals surface area (Å²) in [6.45, 7) is 5.39. The first-order valence-electron chi connectivity index (χ1n) is 8.59. The van der Waals surface area contributed by atoms with E-state index in [0.717, 1.165) is 32.3 Å². The molecule has 1 N–H and O–H groups in total. The van der Waals surface area contributed by atoms with Crippen molar-refractivity contribution in [3.05, 3.63) is 18.0 Å². The molecule has 0 aromatic carbocycles. The lowest BCUT2D eigenvalue weighted by Gasteiger charge is -2.26. The highest BCUT2D eigenvalue weighted by Crippen LogP contribution is 2.19. The lowest BCUT2D eigenvalue weighted by molar-refractivity contribution is 0.00563. The second-order valence-corrected chi connectivity index (χ2v) is 6.17. The zero-order chi connectivity index (χ0) is 15.1. The Labute approximate surface area is 129 Å². The van der Waals surface area contributed by atoms with Crippen LogP contribution in [0, 0.1) is 0 Å².